The quantitative estimate of drug-likeness (QED) is 0.849. The molecule has 0 unspecified atom stereocenters. The number of carbonyl (C=O) groups is 2. The van der Waals surface area contributed by atoms with E-state index >= 15 is 0 Å². The van der Waals surface area contributed by atoms with E-state index in [0.717, 1.165) is 25.2 Å². The Balaban J connectivity index is 1.86. The number of nitrogens with zero attached hydrogens (tertiary/aromatic N) is 2. The van der Waals surface area contributed by atoms with Crippen molar-refractivity contribution in [3.05, 3.63) is 29.8 Å². The van der Waals surface area contributed by atoms with Crippen LogP contribution in [0.15, 0.2) is 18.2 Å². The van der Waals surface area contributed by atoms with Crippen LogP contribution < -0.4 is 5.32 Å². The number of carbonyl (C=O) groups excluding carboxylic acids is 2. The van der Waals surface area contributed by atoms with E-state index in [1.807, 2.05) is 7.05 Å². The van der Waals surface area contributed by atoms with Crippen LogP contribution in [0.4, 0.5) is 14.5 Å². The minimum Gasteiger partial charge on any atom is -0.340 e. The fourth-order valence-corrected chi connectivity index (χ4v) is 2.08. The van der Waals surface area contributed by atoms with Gasteiger partial charge in [0.15, 0.2) is 11.6 Å². The summed E-state index contributed by atoms with van der Waals surface area (Å²) in [4.78, 5) is 27.4. The number of hydrogen-bond donors (Lipinski definition) is 1. The first-order valence-corrected chi connectivity index (χ1v) is 6.67. The van der Waals surface area contributed by atoms with Crippen molar-refractivity contribution < 1.29 is 18.4 Å². The highest BCUT2D eigenvalue weighted by molar-refractivity contribution is 6.03. The topological polar surface area (TPSA) is 52.7 Å². The molecule has 0 aliphatic carbocycles. The largest absolute Gasteiger partial charge is 0.340 e. The van der Waals surface area contributed by atoms with Gasteiger partial charge in [-0.2, -0.15) is 0 Å². The molecule has 0 radical (unpaired) electrons. The summed E-state index contributed by atoms with van der Waals surface area (Å²) in [6.45, 7) is 2.73. The minimum atomic E-state index is -1.04. The highest BCUT2D eigenvalue weighted by Gasteiger charge is 2.21. The van der Waals surface area contributed by atoms with Gasteiger partial charge in [-0.1, -0.05) is 0 Å². The van der Waals surface area contributed by atoms with Gasteiger partial charge in [0, 0.05) is 37.9 Å². The van der Waals surface area contributed by atoms with Crippen LogP contribution in [0.1, 0.15) is 6.42 Å². The molecule has 21 heavy (non-hydrogen) atoms. The number of hydrogen-bond acceptors (Lipinski definition) is 3. The Bertz CT molecular complexity index is 543. The lowest BCUT2D eigenvalue weighted by molar-refractivity contribution is -0.135. The number of piperazine rings is 1. The normalized spacial score (nSPS) is 15.9. The summed E-state index contributed by atoms with van der Waals surface area (Å²) in [7, 11) is 1.97. The SMILES string of the molecule is CN1CCN(C(=O)CC(=O)Nc2ccc(F)c(F)c2)CC1. The van der Waals surface area contributed by atoms with Crippen LogP contribution in [-0.2, 0) is 9.59 Å². The zero-order valence-corrected chi connectivity index (χ0v) is 11.7. The van der Waals surface area contributed by atoms with E-state index in [9.17, 15) is 18.4 Å². The Morgan fingerprint density at radius 2 is 1.81 bits per heavy atom. The molecular formula is C14H17F2N3O2. The molecule has 1 N–H and O–H groups in total. The average molecular weight is 297 g/mol. The molecule has 1 heterocycles. The molecule has 1 aromatic carbocycles. The zero-order chi connectivity index (χ0) is 15.4. The van der Waals surface area contributed by atoms with Crippen molar-refractivity contribution in [1.82, 2.24) is 9.80 Å². The van der Waals surface area contributed by atoms with Crippen LogP contribution in [0.25, 0.3) is 0 Å². The van der Waals surface area contributed by atoms with Crippen molar-refractivity contribution in [2.45, 2.75) is 6.42 Å². The Morgan fingerprint density at radius 1 is 1.14 bits per heavy atom. The number of likely N-dealkylation sites (N-methyl/N-ethyl adjacent to an activating group) is 1. The molecule has 0 aromatic heterocycles. The van der Waals surface area contributed by atoms with Crippen LogP contribution in [0.3, 0.4) is 0 Å². The van der Waals surface area contributed by atoms with Gasteiger partial charge < -0.3 is 15.1 Å². The fourth-order valence-electron chi connectivity index (χ4n) is 2.08. The average Bonchev–Trinajstić information content (AvgIpc) is 2.43. The molecular weight excluding hydrogens is 280 g/mol. The van der Waals surface area contributed by atoms with Crippen molar-refractivity contribution in [2.75, 3.05) is 38.5 Å². The van der Waals surface area contributed by atoms with Crippen LogP contribution in [0.5, 0.6) is 0 Å². The summed E-state index contributed by atoms with van der Waals surface area (Å²) < 4.78 is 25.8. The third kappa shape index (κ3) is 4.22. The number of halogens is 2. The Hall–Kier alpha value is -2.02. The molecule has 1 saturated heterocycles. The molecule has 0 saturated carbocycles. The molecule has 7 heteroatoms. The summed E-state index contributed by atoms with van der Waals surface area (Å²) in [5.41, 5.74) is 0.130. The molecule has 114 valence electrons. The maximum Gasteiger partial charge on any atom is 0.233 e. The second-order valence-corrected chi connectivity index (χ2v) is 5.04. The lowest BCUT2D eigenvalue weighted by Crippen LogP contribution is -2.47. The minimum absolute atomic E-state index is 0.130. The Kier molecular flexibility index (Phi) is 4.85. The van der Waals surface area contributed by atoms with Crippen LogP contribution in [-0.4, -0.2) is 54.8 Å². The van der Waals surface area contributed by atoms with Gasteiger partial charge in [0.25, 0.3) is 0 Å². The second kappa shape index (κ2) is 6.62. The van der Waals surface area contributed by atoms with E-state index in [4.69, 9.17) is 0 Å². The fraction of sp³-hybridized carbons (Fsp3) is 0.429. The van der Waals surface area contributed by atoms with Gasteiger partial charge in [-0.3, -0.25) is 9.59 Å². The predicted molar refractivity (Wildman–Crippen MR) is 73.7 cm³/mol. The third-order valence-corrected chi connectivity index (χ3v) is 3.37. The van der Waals surface area contributed by atoms with Crippen molar-refractivity contribution >= 4 is 17.5 Å². The van der Waals surface area contributed by atoms with Gasteiger partial charge >= 0.3 is 0 Å². The molecule has 0 spiro atoms. The summed E-state index contributed by atoms with van der Waals surface area (Å²) >= 11 is 0. The molecule has 1 fully saturated rings. The Morgan fingerprint density at radius 3 is 2.43 bits per heavy atom. The maximum atomic E-state index is 13.0. The van der Waals surface area contributed by atoms with E-state index < -0.39 is 17.5 Å². The van der Waals surface area contributed by atoms with Gasteiger partial charge in [-0.15, -0.1) is 0 Å². The lowest BCUT2D eigenvalue weighted by Gasteiger charge is -2.32. The predicted octanol–water partition coefficient (Wildman–Crippen LogP) is 1.07. The van der Waals surface area contributed by atoms with E-state index in [0.29, 0.717) is 13.1 Å². The first-order chi connectivity index (χ1) is 9.95. The van der Waals surface area contributed by atoms with Gasteiger partial charge in [-0.25, -0.2) is 8.78 Å². The molecule has 0 bridgehead atoms. The maximum absolute atomic E-state index is 13.0. The third-order valence-electron chi connectivity index (χ3n) is 3.37. The smallest absolute Gasteiger partial charge is 0.233 e. The van der Waals surface area contributed by atoms with Crippen molar-refractivity contribution in [2.24, 2.45) is 0 Å². The molecule has 1 aliphatic rings. The molecule has 1 aromatic rings. The van der Waals surface area contributed by atoms with Crippen molar-refractivity contribution in [1.29, 1.82) is 0 Å². The zero-order valence-electron chi connectivity index (χ0n) is 11.7. The van der Waals surface area contributed by atoms with E-state index in [2.05, 4.69) is 10.2 Å². The highest BCUT2D eigenvalue weighted by Crippen LogP contribution is 2.13. The molecule has 5 nitrogen and oxygen atoms in total. The second-order valence-electron chi connectivity index (χ2n) is 5.04. The number of nitrogens with one attached hydrogen (secondary N) is 1. The standard InChI is InChI=1S/C14H17F2N3O2/c1-18-4-6-19(7-5-18)14(21)9-13(20)17-10-2-3-11(15)12(16)8-10/h2-3,8H,4-7,9H2,1H3,(H,17,20). The number of rotatable bonds is 3. The molecule has 2 amide bonds. The van der Waals surface area contributed by atoms with Gasteiger partial charge in [-0.05, 0) is 19.2 Å². The van der Waals surface area contributed by atoms with Gasteiger partial charge in [0.1, 0.15) is 6.42 Å². The first-order valence-electron chi connectivity index (χ1n) is 6.67. The van der Waals surface area contributed by atoms with E-state index in [1.165, 1.54) is 6.07 Å². The van der Waals surface area contributed by atoms with Crippen molar-refractivity contribution in [3.8, 4) is 0 Å². The number of anilines is 1. The van der Waals surface area contributed by atoms with Gasteiger partial charge in [0.05, 0.1) is 0 Å². The summed E-state index contributed by atoms with van der Waals surface area (Å²) in [6.07, 6.45) is -0.303. The monoisotopic (exact) mass is 297 g/mol. The highest BCUT2D eigenvalue weighted by atomic mass is 19.2. The van der Waals surface area contributed by atoms with Crippen LogP contribution >= 0.6 is 0 Å². The van der Waals surface area contributed by atoms with E-state index in [-0.39, 0.29) is 18.0 Å². The number of benzene rings is 1. The van der Waals surface area contributed by atoms with Crippen LogP contribution in [0, 0.1) is 11.6 Å². The summed E-state index contributed by atoms with van der Waals surface area (Å²) in [6, 6.07) is 3.05. The summed E-state index contributed by atoms with van der Waals surface area (Å²) in [5, 5.41) is 2.39. The molecule has 1 aliphatic heterocycles. The summed E-state index contributed by atoms with van der Waals surface area (Å²) in [5.74, 6) is -2.83. The Labute approximate surface area is 121 Å². The molecule has 2 rings (SSSR count). The van der Waals surface area contributed by atoms with E-state index in [1.54, 1.807) is 4.90 Å². The molecule has 0 atom stereocenters. The van der Waals surface area contributed by atoms with Crippen molar-refractivity contribution in [3.63, 3.8) is 0 Å². The van der Waals surface area contributed by atoms with Gasteiger partial charge in [0.2, 0.25) is 11.8 Å². The number of amides is 2. The van der Waals surface area contributed by atoms with Crippen LogP contribution in [0.2, 0.25) is 0 Å². The first kappa shape index (κ1) is 15.4. The lowest BCUT2D eigenvalue weighted by atomic mass is 10.2.